The van der Waals surface area contributed by atoms with Gasteiger partial charge in [-0.2, -0.15) is 10.2 Å². The second-order valence-electron chi connectivity index (χ2n) is 10.8. The summed E-state index contributed by atoms with van der Waals surface area (Å²) in [6.45, 7) is 0. The van der Waals surface area contributed by atoms with Crippen LogP contribution in [0, 0.1) is 0 Å². The first kappa shape index (κ1) is 29.9. The predicted octanol–water partition coefficient (Wildman–Crippen LogP) is 8.57. The van der Waals surface area contributed by atoms with E-state index in [0.29, 0.717) is 23.1 Å². The molecule has 5 aromatic carbocycles. The second kappa shape index (κ2) is 14.5. The smallest absolute Gasteiger partial charge is 0.178 e. The molecule has 8 heteroatoms. The van der Waals surface area contributed by atoms with Crippen LogP contribution in [0.2, 0.25) is 0 Å². The van der Waals surface area contributed by atoms with E-state index in [0.717, 1.165) is 44.3 Å². The molecule has 48 heavy (non-hydrogen) atoms. The number of anilines is 2. The van der Waals surface area contributed by atoms with Gasteiger partial charge in [-0.3, -0.25) is 0 Å². The molecule has 2 heterocycles. The van der Waals surface area contributed by atoms with Crippen molar-refractivity contribution in [3.8, 4) is 0 Å². The maximum absolute atomic E-state index is 4.81. The topological polar surface area (TPSA) is 99.3 Å². The number of benzene rings is 5. The fraction of sp³-hybridized carbons (Fsp3) is 0. The number of hydrogen-bond donors (Lipinski definition) is 2. The Balaban J connectivity index is 1.10. The van der Waals surface area contributed by atoms with Crippen molar-refractivity contribution in [2.75, 3.05) is 10.6 Å². The number of nitrogens with one attached hydrogen (secondary N) is 2. The summed E-state index contributed by atoms with van der Waals surface area (Å²) in [5, 5.41) is 26.7. The van der Waals surface area contributed by atoms with E-state index in [4.69, 9.17) is 9.97 Å². The first-order valence-corrected chi connectivity index (χ1v) is 15.5. The minimum Gasteiger partial charge on any atom is -0.337 e. The van der Waals surface area contributed by atoms with Crippen LogP contribution in [0.3, 0.4) is 0 Å². The molecule has 0 unspecified atom stereocenters. The number of hydrogen-bond acceptors (Lipinski definition) is 6. The van der Waals surface area contributed by atoms with E-state index in [9.17, 15) is 0 Å². The highest BCUT2D eigenvalue weighted by atomic mass is 15.3. The molecule has 7 rings (SSSR count). The van der Waals surface area contributed by atoms with Crippen LogP contribution in [0.1, 0.15) is 22.5 Å². The third-order valence-electron chi connectivity index (χ3n) is 7.42. The molecule has 0 aliphatic rings. The van der Waals surface area contributed by atoms with Crippen LogP contribution >= 0.6 is 0 Å². The van der Waals surface area contributed by atoms with Gasteiger partial charge in [-0.1, -0.05) is 109 Å². The highest BCUT2D eigenvalue weighted by molar-refractivity contribution is 6.09. The Hall–Kier alpha value is -6.80. The highest BCUT2D eigenvalue weighted by Gasteiger charge is 2.09. The fourth-order valence-electron chi connectivity index (χ4n) is 4.97. The summed E-state index contributed by atoms with van der Waals surface area (Å²) in [5.41, 5.74) is 6.73. The molecule has 0 saturated heterocycles. The van der Waals surface area contributed by atoms with E-state index in [-0.39, 0.29) is 0 Å². The van der Waals surface area contributed by atoms with E-state index in [1.165, 1.54) is 0 Å². The zero-order valence-corrected chi connectivity index (χ0v) is 25.8. The van der Waals surface area contributed by atoms with Crippen LogP contribution in [-0.2, 0) is 0 Å². The van der Waals surface area contributed by atoms with Gasteiger partial charge < -0.3 is 10.6 Å². The number of para-hydroxylation sites is 4. The summed E-state index contributed by atoms with van der Waals surface area (Å²) in [6.07, 6.45) is 3.42. The fourth-order valence-corrected chi connectivity index (χ4v) is 4.97. The molecule has 8 nitrogen and oxygen atoms in total. The van der Waals surface area contributed by atoms with Crippen LogP contribution in [0.4, 0.5) is 11.4 Å². The molecule has 0 radical (unpaired) electrons. The van der Waals surface area contributed by atoms with E-state index in [1.54, 1.807) is 12.4 Å². The van der Waals surface area contributed by atoms with Crippen molar-refractivity contribution in [3.05, 3.63) is 180 Å². The quantitative estimate of drug-likeness (QED) is 0.101. The Bertz CT molecular complexity index is 2110. The van der Waals surface area contributed by atoms with Crippen molar-refractivity contribution >= 4 is 57.3 Å². The summed E-state index contributed by atoms with van der Waals surface area (Å²) >= 11 is 0. The normalized spacial score (nSPS) is 12.2. The van der Waals surface area contributed by atoms with E-state index < -0.39 is 0 Å². The van der Waals surface area contributed by atoms with Crippen molar-refractivity contribution in [2.24, 2.45) is 20.4 Å². The lowest BCUT2D eigenvalue weighted by molar-refractivity contribution is 1.22. The lowest BCUT2D eigenvalue weighted by Crippen LogP contribution is -2.15. The van der Waals surface area contributed by atoms with Crippen LogP contribution in [0.15, 0.2) is 178 Å². The number of fused-ring (bicyclic) bond motifs is 2. The monoisotopic (exact) mass is 622 g/mol. The Morgan fingerprint density at radius 2 is 0.812 bits per heavy atom. The summed E-state index contributed by atoms with van der Waals surface area (Å²) < 4.78 is 0. The van der Waals surface area contributed by atoms with Gasteiger partial charge in [0.05, 0.1) is 23.5 Å². The summed E-state index contributed by atoms with van der Waals surface area (Å²) in [4.78, 5) is 9.61. The van der Waals surface area contributed by atoms with Crippen LogP contribution < -0.4 is 10.6 Å². The lowest BCUT2D eigenvalue weighted by atomic mass is 10.2. The lowest BCUT2D eigenvalue weighted by Gasteiger charge is -2.09. The molecule has 0 spiro atoms. The van der Waals surface area contributed by atoms with Crippen molar-refractivity contribution < 1.29 is 0 Å². The molecule has 0 atom stereocenters. The summed E-state index contributed by atoms with van der Waals surface area (Å²) in [5.74, 6) is 1.09. The van der Waals surface area contributed by atoms with Gasteiger partial charge in [0.25, 0.3) is 0 Å². The van der Waals surface area contributed by atoms with Crippen molar-refractivity contribution in [2.45, 2.75) is 0 Å². The van der Waals surface area contributed by atoms with E-state index in [1.807, 2.05) is 158 Å². The summed E-state index contributed by atoms with van der Waals surface area (Å²) in [6, 6.07) is 51.5. The van der Waals surface area contributed by atoms with Crippen LogP contribution in [0.5, 0.6) is 0 Å². The average molecular weight is 623 g/mol. The van der Waals surface area contributed by atoms with E-state index >= 15 is 0 Å². The molecular formula is C40H30N8. The number of aromatic nitrogens is 2. The Morgan fingerprint density at radius 1 is 0.417 bits per heavy atom. The minimum absolute atomic E-state index is 0.547. The molecule has 2 aromatic heterocycles. The van der Waals surface area contributed by atoms with E-state index in [2.05, 4.69) is 31.0 Å². The SMILES string of the molecule is C(=N\N=C(/Nc1ccccc1)c1ccc2ccccc2n1)/c1ccc(/C=N/N=C(\Nc2ccccc2)c2ccc3ccccc3n2)cc1. The molecule has 230 valence electrons. The van der Waals surface area contributed by atoms with Gasteiger partial charge >= 0.3 is 0 Å². The Kier molecular flexibility index (Phi) is 9.05. The molecule has 0 amide bonds. The van der Waals surface area contributed by atoms with Crippen molar-refractivity contribution in [3.63, 3.8) is 0 Å². The van der Waals surface area contributed by atoms with Gasteiger partial charge in [-0.15, -0.1) is 10.2 Å². The third kappa shape index (κ3) is 7.52. The maximum atomic E-state index is 4.81. The van der Waals surface area contributed by atoms with Gasteiger partial charge in [-0.05, 0) is 59.7 Å². The average Bonchev–Trinajstić information content (AvgIpc) is 3.15. The molecule has 0 fully saturated rings. The number of rotatable bonds is 8. The van der Waals surface area contributed by atoms with Gasteiger partial charge in [0, 0.05) is 22.1 Å². The Morgan fingerprint density at radius 3 is 1.25 bits per heavy atom. The second-order valence-corrected chi connectivity index (χ2v) is 10.8. The number of nitrogens with zero attached hydrogens (tertiary/aromatic N) is 6. The zero-order chi connectivity index (χ0) is 32.4. The van der Waals surface area contributed by atoms with Crippen molar-refractivity contribution in [1.29, 1.82) is 0 Å². The predicted molar refractivity (Wildman–Crippen MR) is 198 cm³/mol. The Labute approximate surface area is 278 Å². The van der Waals surface area contributed by atoms with Gasteiger partial charge in [-0.25, -0.2) is 9.97 Å². The molecule has 0 aliphatic heterocycles. The molecule has 0 bridgehead atoms. The molecule has 0 aliphatic carbocycles. The standard InChI is InChI=1S/C40H30N8/c1-3-13-33(14-4-1)43-39(37-25-23-31-11-7-9-17-35(31)45-37)47-41-27-29-19-21-30(22-20-29)28-42-48-40(44-34-15-5-2-6-16-34)38-26-24-32-12-8-10-18-36(32)46-38/h1-28H,(H,43,47)(H,44,48)/b41-27+,42-28+. The zero-order valence-electron chi connectivity index (χ0n) is 25.8. The number of amidine groups is 2. The molecule has 0 saturated carbocycles. The van der Waals surface area contributed by atoms with Gasteiger partial charge in [0.1, 0.15) is 11.4 Å². The van der Waals surface area contributed by atoms with Crippen molar-refractivity contribution in [1.82, 2.24) is 9.97 Å². The minimum atomic E-state index is 0.547. The summed E-state index contributed by atoms with van der Waals surface area (Å²) in [7, 11) is 0. The first-order chi connectivity index (χ1) is 23.8. The highest BCUT2D eigenvalue weighted by Crippen LogP contribution is 2.16. The molecule has 2 N–H and O–H groups in total. The van der Waals surface area contributed by atoms with Gasteiger partial charge in [0.2, 0.25) is 0 Å². The maximum Gasteiger partial charge on any atom is 0.178 e. The number of pyridine rings is 2. The van der Waals surface area contributed by atoms with Crippen LogP contribution in [-0.4, -0.2) is 34.1 Å². The van der Waals surface area contributed by atoms with Crippen LogP contribution in [0.25, 0.3) is 21.8 Å². The largest absolute Gasteiger partial charge is 0.337 e. The third-order valence-corrected chi connectivity index (χ3v) is 7.42. The van der Waals surface area contributed by atoms with Gasteiger partial charge in [0.15, 0.2) is 11.7 Å². The molecular weight excluding hydrogens is 592 g/mol. The first-order valence-electron chi connectivity index (χ1n) is 15.5. The molecule has 7 aromatic rings.